The van der Waals surface area contributed by atoms with Crippen LogP contribution in [0, 0.1) is 0 Å². The second kappa shape index (κ2) is 6.92. The normalized spacial score (nSPS) is 16.9. The number of nitrogens with one attached hydrogen (secondary N) is 1. The van der Waals surface area contributed by atoms with Crippen molar-refractivity contribution in [3.05, 3.63) is 22.7 Å². The highest BCUT2D eigenvalue weighted by atomic mass is 35.5. The number of halogens is 1. The Balaban J connectivity index is 1.90. The Bertz CT molecular complexity index is 494. The van der Waals surface area contributed by atoms with Crippen LogP contribution in [0.15, 0.2) is 12.1 Å². The average molecular weight is 299 g/mol. The molecule has 5 nitrogen and oxygen atoms in total. The van der Waals surface area contributed by atoms with Crippen LogP contribution in [-0.2, 0) is 9.53 Å². The number of fused-ring (bicyclic) bond motifs is 1. The van der Waals surface area contributed by atoms with E-state index in [-0.39, 0.29) is 5.91 Å². The van der Waals surface area contributed by atoms with E-state index < -0.39 is 6.04 Å². The lowest BCUT2D eigenvalue weighted by Gasteiger charge is -2.11. The predicted molar refractivity (Wildman–Crippen MR) is 78.2 cm³/mol. The topological polar surface area (TPSA) is 73.6 Å². The maximum Gasteiger partial charge on any atom is 0.245 e. The van der Waals surface area contributed by atoms with Gasteiger partial charge in [0.25, 0.3) is 0 Å². The van der Waals surface area contributed by atoms with Crippen LogP contribution in [0.25, 0.3) is 0 Å². The molecule has 0 aliphatic carbocycles. The molecule has 1 amide bonds. The summed E-state index contributed by atoms with van der Waals surface area (Å²) in [6, 6.07) is 2.72. The first-order valence-electron chi connectivity index (χ1n) is 6.74. The fourth-order valence-electron chi connectivity index (χ4n) is 1.96. The van der Waals surface area contributed by atoms with Crippen molar-refractivity contribution in [1.29, 1.82) is 0 Å². The molecule has 0 saturated carbocycles. The highest BCUT2D eigenvalue weighted by molar-refractivity contribution is 6.32. The Kier molecular flexibility index (Phi) is 5.23. The van der Waals surface area contributed by atoms with Gasteiger partial charge in [0, 0.05) is 23.9 Å². The van der Waals surface area contributed by atoms with Crippen molar-refractivity contribution in [2.75, 3.05) is 25.1 Å². The van der Waals surface area contributed by atoms with E-state index in [4.69, 9.17) is 26.8 Å². The average Bonchev–Trinajstić information content (AvgIpc) is 2.69. The molecule has 2 rings (SSSR count). The first-order chi connectivity index (χ1) is 9.63. The molecule has 110 valence electrons. The summed E-state index contributed by atoms with van der Waals surface area (Å²) in [7, 11) is 0. The van der Waals surface area contributed by atoms with E-state index in [0.717, 1.165) is 19.4 Å². The van der Waals surface area contributed by atoms with Crippen LogP contribution in [0.2, 0.25) is 5.02 Å². The highest BCUT2D eigenvalue weighted by Crippen LogP contribution is 2.37. The zero-order chi connectivity index (χ0) is 14.5. The predicted octanol–water partition coefficient (Wildman–Crippen LogP) is 2.49. The molecule has 0 radical (unpaired) electrons. The Hall–Kier alpha value is -1.30. The van der Waals surface area contributed by atoms with Gasteiger partial charge in [0.15, 0.2) is 0 Å². The van der Waals surface area contributed by atoms with E-state index in [2.05, 4.69) is 12.2 Å². The van der Waals surface area contributed by atoms with Crippen LogP contribution < -0.4 is 15.8 Å². The third-order valence-electron chi connectivity index (χ3n) is 3.11. The Morgan fingerprint density at radius 3 is 2.90 bits per heavy atom. The van der Waals surface area contributed by atoms with Crippen molar-refractivity contribution in [2.24, 2.45) is 5.73 Å². The second-order valence-corrected chi connectivity index (χ2v) is 5.06. The number of carbonyl (C=O) groups is 1. The SMILES string of the molecule is CCCCOCCOc1cc2c(cc1Cl)C(N)C(=O)N2. The molecule has 3 N–H and O–H groups in total. The summed E-state index contributed by atoms with van der Waals surface area (Å²) in [5.41, 5.74) is 7.11. The summed E-state index contributed by atoms with van der Waals surface area (Å²) in [6.07, 6.45) is 2.15. The monoisotopic (exact) mass is 298 g/mol. The van der Waals surface area contributed by atoms with Gasteiger partial charge in [0.2, 0.25) is 5.91 Å². The summed E-state index contributed by atoms with van der Waals surface area (Å²) >= 11 is 6.12. The minimum absolute atomic E-state index is 0.226. The number of hydrogen-bond donors (Lipinski definition) is 2. The number of rotatable bonds is 7. The number of unbranched alkanes of at least 4 members (excludes halogenated alkanes) is 1. The van der Waals surface area contributed by atoms with Crippen LogP contribution >= 0.6 is 11.6 Å². The maximum atomic E-state index is 11.5. The van der Waals surface area contributed by atoms with Crippen molar-refractivity contribution >= 4 is 23.2 Å². The Labute approximate surface area is 123 Å². The molecule has 1 unspecified atom stereocenters. The van der Waals surface area contributed by atoms with E-state index in [1.165, 1.54) is 0 Å². The molecule has 20 heavy (non-hydrogen) atoms. The molecule has 1 atom stereocenters. The van der Waals surface area contributed by atoms with E-state index in [0.29, 0.717) is 35.2 Å². The van der Waals surface area contributed by atoms with E-state index >= 15 is 0 Å². The molecule has 0 aromatic heterocycles. The first kappa shape index (κ1) is 15.1. The van der Waals surface area contributed by atoms with E-state index in [1.807, 2.05) is 0 Å². The van der Waals surface area contributed by atoms with Crippen molar-refractivity contribution < 1.29 is 14.3 Å². The van der Waals surface area contributed by atoms with Gasteiger partial charge in [0.1, 0.15) is 18.4 Å². The molecule has 0 bridgehead atoms. The fourth-order valence-corrected chi connectivity index (χ4v) is 2.18. The van der Waals surface area contributed by atoms with Crippen molar-refractivity contribution in [1.82, 2.24) is 0 Å². The van der Waals surface area contributed by atoms with Gasteiger partial charge in [-0.1, -0.05) is 24.9 Å². The van der Waals surface area contributed by atoms with Gasteiger partial charge in [-0.05, 0) is 12.5 Å². The number of hydrogen-bond acceptors (Lipinski definition) is 4. The minimum Gasteiger partial charge on any atom is -0.490 e. The van der Waals surface area contributed by atoms with Gasteiger partial charge in [-0.25, -0.2) is 0 Å². The number of amides is 1. The lowest BCUT2D eigenvalue weighted by atomic mass is 10.1. The van der Waals surface area contributed by atoms with E-state index in [9.17, 15) is 4.79 Å². The van der Waals surface area contributed by atoms with Crippen molar-refractivity contribution in [3.63, 3.8) is 0 Å². The standard InChI is InChI=1S/C14H19ClN2O3/c1-2-3-4-19-5-6-20-12-8-11-9(7-10(12)15)13(16)14(18)17-11/h7-8,13H,2-6,16H2,1H3,(H,17,18). The lowest BCUT2D eigenvalue weighted by Crippen LogP contribution is -2.19. The van der Waals surface area contributed by atoms with E-state index in [1.54, 1.807) is 12.1 Å². The lowest BCUT2D eigenvalue weighted by molar-refractivity contribution is -0.116. The summed E-state index contributed by atoms with van der Waals surface area (Å²) < 4.78 is 11.0. The molecule has 0 spiro atoms. The number of ether oxygens (including phenoxy) is 2. The number of carbonyl (C=O) groups excluding carboxylic acids is 1. The smallest absolute Gasteiger partial charge is 0.245 e. The van der Waals surface area contributed by atoms with Gasteiger partial charge >= 0.3 is 0 Å². The van der Waals surface area contributed by atoms with Crippen LogP contribution in [0.5, 0.6) is 5.75 Å². The summed E-state index contributed by atoms with van der Waals surface area (Å²) in [5.74, 6) is 0.301. The largest absolute Gasteiger partial charge is 0.490 e. The van der Waals surface area contributed by atoms with Gasteiger partial charge in [-0.3, -0.25) is 4.79 Å². The van der Waals surface area contributed by atoms with Gasteiger partial charge in [-0.2, -0.15) is 0 Å². The molecular weight excluding hydrogens is 280 g/mol. The molecule has 1 heterocycles. The second-order valence-electron chi connectivity index (χ2n) is 4.65. The number of anilines is 1. The van der Waals surface area contributed by atoms with Crippen LogP contribution in [0.3, 0.4) is 0 Å². The zero-order valence-electron chi connectivity index (χ0n) is 11.4. The molecule has 1 aliphatic rings. The van der Waals surface area contributed by atoms with Crippen molar-refractivity contribution in [2.45, 2.75) is 25.8 Å². The van der Waals surface area contributed by atoms with Gasteiger partial charge < -0.3 is 20.5 Å². The summed E-state index contributed by atoms with van der Waals surface area (Å²) in [4.78, 5) is 11.5. The first-order valence-corrected chi connectivity index (χ1v) is 7.11. The molecule has 1 aromatic rings. The van der Waals surface area contributed by atoms with Crippen LogP contribution in [-0.4, -0.2) is 25.7 Å². The summed E-state index contributed by atoms with van der Waals surface area (Å²) in [5, 5.41) is 3.15. The fraction of sp³-hybridized carbons (Fsp3) is 0.500. The molecular formula is C14H19ClN2O3. The third-order valence-corrected chi connectivity index (χ3v) is 3.40. The molecule has 1 aromatic carbocycles. The van der Waals surface area contributed by atoms with Crippen molar-refractivity contribution in [3.8, 4) is 5.75 Å². The Morgan fingerprint density at radius 1 is 1.35 bits per heavy atom. The van der Waals surface area contributed by atoms with Gasteiger partial charge in [0.05, 0.1) is 11.6 Å². The summed E-state index contributed by atoms with van der Waals surface area (Å²) in [6.45, 7) is 3.79. The highest BCUT2D eigenvalue weighted by Gasteiger charge is 2.28. The third kappa shape index (κ3) is 3.42. The van der Waals surface area contributed by atoms with Crippen LogP contribution in [0.4, 0.5) is 5.69 Å². The minimum atomic E-state index is -0.658. The molecule has 1 aliphatic heterocycles. The molecule has 6 heteroatoms. The molecule has 0 fully saturated rings. The van der Waals surface area contributed by atoms with Crippen LogP contribution in [0.1, 0.15) is 31.4 Å². The molecule has 0 saturated heterocycles. The quantitative estimate of drug-likeness (QED) is 0.759. The number of nitrogens with two attached hydrogens (primary N) is 1. The zero-order valence-corrected chi connectivity index (χ0v) is 12.2. The maximum absolute atomic E-state index is 11.5. The number of benzene rings is 1. The Morgan fingerprint density at radius 2 is 2.15 bits per heavy atom. The van der Waals surface area contributed by atoms with Gasteiger partial charge in [-0.15, -0.1) is 0 Å².